The first-order valence-corrected chi connectivity index (χ1v) is 9.50. The Hall–Kier alpha value is -2.22. The SMILES string of the molecule is Cn1c(CN2CCCCC2)nnc1[C@H]1CCCN(C(=O)c2cocn2)C1. The van der Waals surface area contributed by atoms with Gasteiger partial charge in [0, 0.05) is 26.1 Å². The van der Waals surface area contributed by atoms with Crippen molar-refractivity contribution in [1.82, 2.24) is 29.5 Å². The number of piperidine rings is 2. The minimum atomic E-state index is -0.0702. The molecule has 140 valence electrons. The highest BCUT2D eigenvalue weighted by Crippen LogP contribution is 2.27. The molecule has 1 amide bonds. The molecular formula is C18H26N6O2. The van der Waals surface area contributed by atoms with Gasteiger partial charge in [0.05, 0.1) is 6.54 Å². The van der Waals surface area contributed by atoms with Crippen LogP contribution in [0.2, 0.25) is 0 Å². The van der Waals surface area contributed by atoms with Gasteiger partial charge < -0.3 is 13.9 Å². The standard InChI is InChI=1S/C18H26N6O2/c1-22-16(11-23-7-3-2-4-8-23)20-21-17(22)14-6-5-9-24(10-14)18(25)15-12-26-13-19-15/h12-14H,2-11H2,1H3/t14-/m0/s1. The Morgan fingerprint density at radius 2 is 2.04 bits per heavy atom. The van der Waals surface area contributed by atoms with E-state index >= 15 is 0 Å². The molecule has 2 aliphatic rings. The Labute approximate surface area is 153 Å². The molecule has 1 atom stereocenters. The number of carbonyl (C=O) groups excluding carboxylic acids is 1. The highest BCUT2D eigenvalue weighted by Gasteiger charge is 2.30. The van der Waals surface area contributed by atoms with E-state index in [9.17, 15) is 4.79 Å². The van der Waals surface area contributed by atoms with Crippen LogP contribution in [0, 0.1) is 0 Å². The third kappa shape index (κ3) is 3.51. The molecule has 4 rings (SSSR count). The summed E-state index contributed by atoms with van der Waals surface area (Å²) in [5, 5.41) is 8.92. The first-order chi connectivity index (χ1) is 12.7. The number of hydrogen-bond donors (Lipinski definition) is 0. The fourth-order valence-corrected chi connectivity index (χ4v) is 4.04. The molecular weight excluding hydrogens is 332 g/mol. The van der Waals surface area contributed by atoms with Crippen LogP contribution in [0.4, 0.5) is 0 Å². The van der Waals surface area contributed by atoms with Crippen molar-refractivity contribution in [2.24, 2.45) is 7.05 Å². The van der Waals surface area contributed by atoms with E-state index in [0.717, 1.165) is 50.7 Å². The number of rotatable bonds is 4. The van der Waals surface area contributed by atoms with Crippen LogP contribution in [0.5, 0.6) is 0 Å². The maximum Gasteiger partial charge on any atom is 0.275 e. The lowest BCUT2D eigenvalue weighted by Crippen LogP contribution is -2.40. The fraction of sp³-hybridized carbons (Fsp3) is 0.667. The summed E-state index contributed by atoms with van der Waals surface area (Å²) in [5.41, 5.74) is 0.370. The van der Waals surface area contributed by atoms with Crippen LogP contribution in [0.15, 0.2) is 17.1 Å². The summed E-state index contributed by atoms with van der Waals surface area (Å²) >= 11 is 0. The van der Waals surface area contributed by atoms with Crippen LogP contribution in [0.25, 0.3) is 0 Å². The van der Waals surface area contributed by atoms with E-state index in [1.54, 1.807) is 0 Å². The highest BCUT2D eigenvalue weighted by atomic mass is 16.3. The average Bonchev–Trinajstić information content (AvgIpc) is 3.33. The second-order valence-electron chi connectivity index (χ2n) is 7.33. The summed E-state index contributed by atoms with van der Waals surface area (Å²) in [4.78, 5) is 20.8. The fourth-order valence-electron chi connectivity index (χ4n) is 4.04. The Balaban J connectivity index is 1.44. The first-order valence-electron chi connectivity index (χ1n) is 9.50. The van der Waals surface area contributed by atoms with E-state index in [2.05, 4.69) is 24.6 Å². The van der Waals surface area contributed by atoms with E-state index in [1.807, 2.05) is 11.9 Å². The molecule has 0 aromatic carbocycles. The lowest BCUT2D eigenvalue weighted by Gasteiger charge is -2.31. The highest BCUT2D eigenvalue weighted by molar-refractivity contribution is 5.92. The normalized spacial score (nSPS) is 21.9. The predicted molar refractivity (Wildman–Crippen MR) is 94.5 cm³/mol. The predicted octanol–water partition coefficient (Wildman–Crippen LogP) is 1.81. The number of oxazole rings is 1. The molecule has 2 aliphatic heterocycles. The van der Waals surface area contributed by atoms with Gasteiger partial charge in [0.1, 0.15) is 17.9 Å². The van der Waals surface area contributed by atoms with E-state index in [1.165, 1.54) is 31.9 Å². The van der Waals surface area contributed by atoms with Gasteiger partial charge in [-0.15, -0.1) is 10.2 Å². The number of hydrogen-bond acceptors (Lipinski definition) is 6. The van der Waals surface area contributed by atoms with Crippen LogP contribution in [0.1, 0.15) is 60.2 Å². The Morgan fingerprint density at radius 3 is 2.81 bits per heavy atom. The van der Waals surface area contributed by atoms with Crippen molar-refractivity contribution < 1.29 is 9.21 Å². The molecule has 26 heavy (non-hydrogen) atoms. The maximum absolute atomic E-state index is 12.5. The molecule has 0 aliphatic carbocycles. The average molecular weight is 358 g/mol. The van der Waals surface area contributed by atoms with E-state index in [4.69, 9.17) is 4.42 Å². The summed E-state index contributed by atoms with van der Waals surface area (Å²) in [7, 11) is 2.05. The van der Waals surface area contributed by atoms with E-state index in [0.29, 0.717) is 12.2 Å². The summed E-state index contributed by atoms with van der Waals surface area (Å²) in [6, 6.07) is 0. The number of carbonyl (C=O) groups is 1. The maximum atomic E-state index is 12.5. The van der Waals surface area contributed by atoms with Crippen molar-refractivity contribution in [3.63, 3.8) is 0 Å². The van der Waals surface area contributed by atoms with Crippen molar-refractivity contribution in [2.45, 2.75) is 44.6 Å². The van der Waals surface area contributed by atoms with E-state index < -0.39 is 0 Å². The largest absolute Gasteiger partial charge is 0.451 e. The second kappa shape index (κ2) is 7.57. The quantitative estimate of drug-likeness (QED) is 0.829. The third-order valence-corrected chi connectivity index (χ3v) is 5.54. The second-order valence-corrected chi connectivity index (χ2v) is 7.33. The Morgan fingerprint density at radius 1 is 1.19 bits per heavy atom. The van der Waals surface area contributed by atoms with Crippen molar-refractivity contribution in [3.05, 3.63) is 30.0 Å². The van der Waals surface area contributed by atoms with Gasteiger partial charge >= 0.3 is 0 Å². The van der Waals surface area contributed by atoms with Gasteiger partial charge in [-0.1, -0.05) is 6.42 Å². The molecule has 0 bridgehead atoms. The Bertz CT molecular complexity index is 735. The van der Waals surface area contributed by atoms with Crippen LogP contribution in [0.3, 0.4) is 0 Å². The van der Waals surface area contributed by atoms with Gasteiger partial charge in [-0.05, 0) is 38.8 Å². The third-order valence-electron chi connectivity index (χ3n) is 5.54. The molecule has 2 saturated heterocycles. The molecule has 2 aromatic heterocycles. The summed E-state index contributed by atoms with van der Waals surface area (Å²) in [5.74, 6) is 2.14. The summed E-state index contributed by atoms with van der Waals surface area (Å²) in [6.07, 6.45) is 8.56. The zero-order valence-electron chi connectivity index (χ0n) is 15.3. The van der Waals surface area contributed by atoms with Crippen molar-refractivity contribution in [2.75, 3.05) is 26.2 Å². The van der Waals surface area contributed by atoms with Crippen LogP contribution < -0.4 is 0 Å². The van der Waals surface area contributed by atoms with Crippen LogP contribution in [-0.4, -0.2) is 61.6 Å². The van der Waals surface area contributed by atoms with Crippen molar-refractivity contribution in [3.8, 4) is 0 Å². The Kier molecular flexibility index (Phi) is 5.01. The molecule has 0 unspecified atom stereocenters. The summed E-state index contributed by atoms with van der Waals surface area (Å²) in [6.45, 7) is 4.55. The molecule has 0 saturated carbocycles. The molecule has 0 spiro atoms. The van der Waals surface area contributed by atoms with Crippen LogP contribution >= 0.6 is 0 Å². The van der Waals surface area contributed by atoms with Crippen molar-refractivity contribution >= 4 is 5.91 Å². The lowest BCUT2D eigenvalue weighted by atomic mass is 9.97. The minimum Gasteiger partial charge on any atom is -0.451 e. The van der Waals surface area contributed by atoms with Crippen LogP contribution in [-0.2, 0) is 13.6 Å². The van der Waals surface area contributed by atoms with Crippen molar-refractivity contribution in [1.29, 1.82) is 0 Å². The van der Waals surface area contributed by atoms with Gasteiger partial charge in [0.25, 0.3) is 5.91 Å². The number of amides is 1. The molecule has 8 nitrogen and oxygen atoms in total. The smallest absolute Gasteiger partial charge is 0.275 e. The first kappa shape index (κ1) is 17.2. The van der Waals surface area contributed by atoms with Gasteiger partial charge in [-0.2, -0.15) is 0 Å². The van der Waals surface area contributed by atoms with Gasteiger partial charge in [0.2, 0.25) is 0 Å². The van der Waals surface area contributed by atoms with E-state index in [-0.39, 0.29) is 11.8 Å². The molecule has 0 radical (unpaired) electrons. The number of nitrogens with zero attached hydrogens (tertiary/aromatic N) is 6. The number of likely N-dealkylation sites (tertiary alicyclic amines) is 2. The molecule has 2 aromatic rings. The molecule has 2 fully saturated rings. The molecule has 8 heteroatoms. The molecule has 0 N–H and O–H groups in total. The molecule has 4 heterocycles. The topological polar surface area (TPSA) is 80.3 Å². The zero-order chi connectivity index (χ0) is 17.9. The van der Waals surface area contributed by atoms with Gasteiger partial charge in [-0.3, -0.25) is 9.69 Å². The number of aromatic nitrogens is 4. The van der Waals surface area contributed by atoms with Gasteiger partial charge in [0.15, 0.2) is 12.1 Å². The van der Waals surface area contributed by atoms with Gasteiger partial charge in [-0.25, -0.2) is 4.98 Å². The monoisotopic (exact) mass is 358 g/mol. The minimum absolute atomic E-state index is 0.0702. The summed E-state index contributed by atoms with van der Waals surface area (Å²) < 4.78 is 7.07. The lowest BCUT2D eigenvalue weighted by molar-refractivity contribution is 0.0697. The zero-order valence-corrected chi connectivity index (χ0v) is 15.3.